The fourth-order valence-electron chi connectivity index (χ4n) is 1.63. The van der Waals surface area contributed by atoms with Gasteiger partial charge in [-0.2, -0.15) is 0 Å². The summed E-state index contributed by atoms with van der Waals surface area (Å²) in [6, 6.07) is 1.77. The third-order valence-electron chi connectivity index (χ3n) is 3.67. The lowest BCUT2D eigenvalue weighted by Crippen LogP contribution is -2.48. The van der Waals surface area contributed by atoms with Gasteiger partial charge in [0, 0.05) is 28.4 Å². The summed E-state index contributed by atoms with van der Waals surface area (Å²) in [5.41, 5.74) is -0.233. The van der Waals surface area contributed by atoms with Gasteiger partial charge in [0.15, 0.2) is 0 Å². The van der Waals surface area contributed by atoms with Crippen molar-refractivity contribution in [3.63, 3.8) is 0 Å². The molecule has 0 saturated carbocycles. The van der Waals surface area contributed by atoms with Crippen LogP contribution in [-0.4, -0.2) is 46.0 Å². The average Bonchev–Trinajstić information content (AvgIpc) is 2.76. The van der Waals surface area contributed by atoms with Gasteiger partial charge >= 0.3 is 0 Å². The van der Waals surface area contributed by atoms with Crippen molar-refractivity contribution in [3.05, 3.63) is 15.8 Å². The quantitative estimate of drug-likeness (QED) is 0.761. The van der Waals surface area contributed by atoms with Gasteiger partial charge < -0.3 is 10.2 Å². The smallest absolute Gasteiger partial charge is 0.241 e. The van der Waals surface area contributed by atoms with Gasteiger partial charge in [0.1, 0.15) is 0 Å². The minimum Gasteiger partial charge on any atom is -0.312 e. The number of sulfonamides is 1. The van der Waals surface area contributed by atoms with Gasteiger partial charge in [0.05, 0.1) is 4.90 Å². The van der Waals surface area contributed by atoms with E-state index in [1.807, 2.05) is 46.7 Å². The molecule has 0 aliphatic rings. The molecule has 7 heteroatoms. The first-order valence-electron chi connectivity index (χ1n) is 7.07. The van der Waals surface area contributed by atoms with E-state index in [0.29, 0.717) is 18.0 Å². The first-order valence-corrected chi connectivity index (χ1v) is 9.37. The monoisotopic (exact) mass is 333 g/mol. The molecule has 21 heavy (non-hydrogen) atoms. The predicted molar refractivity (Wildman–Crippen MR) is 89.4 cm³/mol. The zero-order valence-corrected chi connectivity index (χ0v) is 15.4. The second kappa shape index (κ2) is 7.19. The maximum atomic E-state index is 12.5. The number of thiophene rings is 1. The largest absolute Gasteiger partial charge is 0.312 e. The maximum absolute atomic E-state index is 12.5. The van der Waals surface area contributed by atoms with Crippen molar-refractivity contribution in [2.24, 2.45) is 0 Å². The number of nitrogens with one attached hydrogen (secondary N) is 2. The average molecular weight is 334 g/mol. The van der Waals surface area contributed by atoms with Crippen LogP contribution in [0.1, 0.15) is 30.5 Å². The number of nitrogens with zero attached hydrogens (tertiary/aromatic N) is 1. The topological polar surface area (TPSA) is 61.4 Å². The fourth-order valence-corrected chi connectivity index (χ4v) is 4.44. The molecule has 0 aliphatic heterocycles. The van der Waals surface area contributed by atoms with Crippen LogP contribution in [0.15, 0.2) is 11.0 Å². The van der Waals surface area contributed by atoms with Crippen molar-refractivity contribution >= 4 is 21.4 Å². The Labute approximate surface area is 132 Å². The van der Waals surface area contributed by atoms with Crippen molar-refractivity contribution in [2.75, 3.05) is 27.2 Å². The molecule has 122 valence electrons. The minimum atomic E-state index is -3.46. The van der Waals surface area contributed by atoms with Gasteiger partial charge in [0.25, 0.3) is 0 Å². The molecule has 0 amide bonds. The number of aryl methyl sites for hydroxylation is 1. The summed E-state index contributed by atoms with van der Waals surface area (Å²) in [6.07, 6.45) is 0. The van der Waals surface area contributed by atoms with Crippen LogP contribution in [-0.2, 0) is 16.6 Å². The van der Waals surface area contributed by atoms with Crippen molar-refractivity contribution in [2.45, 2.75) is 44.7 Å². The molecule has 0 saturated heterocycles. The molecule has 0 aliphatic carbocycles. The Kier molecular flexibility index (Phi) is 6.36. The first-order chi connectivity index (χ1) is 9.60. The highest BCUT2D eigenvalue weighted by Crippen LogP contribution is 2.25. The van der Waals surface area contributed by atoms with Crippen LogP contribution in [0.2, 0.25) is 0 Å². The number of hydrogen-bond acceptors (Lipinski definition) is 5. The number of likely N-dealkylation sites (N-methyl/N-ethyl adjacent to an activating group) is 1. The zero-order valence-electron chi connectivity index (χ0n) is 13.8. The molecule has 1 heterocycles. The summed E-state index contributed by atoms with van der Waals surface area (Å²) in [5, 5.41) is 3.22. The van der Waals surface area contributed by atoms with E-state index in [1.54, 1.807) is 6.07 Å². The van der Waals surface area contributed by atoms with E-state index in [9.17, 15) is 8.42 Å². The molecule has 2 N–H and O–H groups in total. The molecular weight excluding hydrogens is 306 g/mol. The Morgan fingerprint density at radius 3 is 2.48 bits per heavy atom. The molecule has 1 aromatic rings. The summed E-state index contributed by atoms with van der Waals surface area (Å²) in [4.78, 5) is 4.28. The van der Waals surface area contributed by atoms with Crippen molar-refractivity contribution in [1.29, 1.82) is 0 Å². The van der Waals surface area contributed by atoms with E-state index in [-0.39, 0.29) is 5.54 Å². The van der Waals surface area contributed by atoms with Gasteiger partial charge in [-0.05, 0) is 47.5 Å². The third kappa shape index (κ3) is 5.03. The molecule has 0 radical (unpaired) electrons. The SMILES string of the molecule is CCNCc1cc(S(=O)(=O)NCC(C)(C)N(C)C)c(C)s1. The van der Waals surface area contributed by atoms with E-state index < -0.39 is 10.0 Å². The maximum Gasteiger partial charge on any atom is 0.241 e. The van der Waals surface area contributed by atoms with Crippen LogP contribution >= 0.6 is 11.3 Å². The van der Waals surface area contributed by atoms with Crippen LogP contribution in [0.4, 0.5) is 0 Å². The van der Waals surface area contributed by atoms with E-state index in [0.717, 1.165) is 16.3 Å². The number of hydrogen-bond donors (Lipinski definition) is 2. The fraction of sp³-hybridized carbons (Fsp3) is 0.714. The standard InChI is InChI=1S/C14H27N3O2S2/c1-7-15-9-12-8-13(11(2)20-12)21(18,19)16-10-14(3,4)17(5)6/h8,15-16H,7,9-10H2,1-6H3. The Morgan fingerprint density at radius 1 is 1.33 bits per heavy atom. The highest BCUT2D eigenvalue weighted by atomic mass is 32.2. The van der Waals surface area contributed by atoms with Gasteiger partial charge in [-0.1, -0.05) is 6.92 Å². The van der Waals surface area contributed by atoms with Gasteiger partial charge in [0.2, 0.25) is 10.0 Å². The van der Waals surface area contributed by atoms with Crippen LogP contribution in [0.5, 0.6) is 0 Å². The molecular formula is C14H27N3O2S2. The highest BCUT2D eigenvalue weighted by Gasteiger charge is 2.26. The Morgan fingerprint density at radius 2 is 1.95 bits per heavy atom. The van der Waals surface area contributed by atoms with E-state index in [4.69, 9.17) is 0 Å². The van der Waals surface area contributed by atoms with E-state index in [2.05, 4.69) is 10.0 Å². The summed E-state index contributed by atoms with van der Waals surface area (Å²) < 4.78 is 27.7. The predicted octanol–water partition coefficient (Wildman–Crippen LogP) is 1.78. The van der Waals surface area contributed by atoms with Crippen molar-refractivity contribution in [1.82, 2.24) is 14.9 Å². The summed E-state index contributed by atoms with van der Waals surface area (Å²) in [5.74, 6) is 0. The van der Waals surface area contributed by atoms with Gasteiger partial charge in [-0.3, -0.25) is 0 Å². The highest BCUT2D eigenvalue weighted by molar-refractivity contribution is 7.89. The van der Waals surface area contributed by atoms with E-state index in [1.165, 1.54) is 11.3 Å². The minimum absolute atomic E-state index is 0.233. The summed E-state index contributed by atoms with van der Waals surface area (Å²) >= 11 is 1.53. The summed E-state index contributed by atoms with van der Waals surface area (Å²) in [6.45, 7) is 9.85. The Bertz CT molecular complexity index is 563. The van der Waals surface area contributed by atoms with E-state index >= 15 is 0 Å². The molecule has 0 atom stereocenters. The van der Waals surface area contributed by atoms with Crippen LogP contribution in [0.3, 0.4) is 0 Å². The first kappa shape index (κ1) is 18.6. The van der Waals surface area contributed by atoms with Crippen LogP contribution in [0, 0.1) is 6.92 Å². The van der Waals surface area contributed by atoms with Crippen molar-refractivity contribution in [3.8, 4) is 0 Å². The molecule has 0 aromatic carbocycles. The lowest BCUT2D eigenvalue weighted by Gasteiger charge is -2.32. The van der Waals surface area contributed by atoms with Crippen molar-refractivity contribution < 1.29 is 8.42 Å². The summed E-state index contributed by atoms with van der Waals surface area (Å²) in [7, 11) is 0.430. The zero-order chi connectivity index (χ0) is 16.3. The third-order valence-corrected chi connectivity index (χ3v) is 6.37. The molecule has 0 unspecified atom stereocenters. The molecule has 1 rings (SSSR count). The second-order valence-corrected chi connectivity index (χ2v) is 9.02. The second-order valence-electron chi connectivity index (χ2n) is 5.94. The molecule has 0 bridgehead atoms. The normalized spacial score (nSPS) is 13.1. The Balaban J connectivity index is 2.86. The molecule has 0 fully saturated rings. The Hall–Kier alpha value is -0.470. The molecule has 5 nitrogen and oxygen atoms in total. The lowest BCUT2D eigenvalue weighted by molar-refractivity contribution is 0.199. The molecule has 0 spiro atoms. The van der Waals surface area contributed by atoms with Gasteiger partial charge in [-0.15, -0.1) is 11.3 Å². The van der Waals surface area contributed by atoms with Gasteiger partial charge in [-0.25, -0.2) is 13.1 Å². The number of rotatable bonds is 8. The van der Waals surface area contributed by atoms with Crippen LogP contribution in [0.25, 0.3) is 0 Å². The lowest BCUT2D eigenvalue weighted by atomic mass is 10.1. The molecule has 1 aromatic heterocycles. The van der Waals surface area contributed by atoms with Crippen LogP contribution < -0.4 is 10.0 Å².